The predicted octanol–water partition coefficient (Wildman–Crippen LogP) is 5.18. The van der Waals surface area contributed by atoms with E-state index in [1.807, 2.05) is 78.9 Å². The van der Waals surface area contributed by atoms with Crippen LogP contribution in [0.3, 0.4) is 0 Å². The molecule has 0 aliphatic heterocycles. The minimum absolute atomic E-state index is 0.136. The second kappa shape index (κ2) is 9.04. The first kappa shape index (κ1) is 20.0. The minimum atomic E-state index is -0.136. The zero-order valence-electron chi connectivity index (χ0n) is 16.0. The number of nitrogens with zero attached hydrogens (tertiary/aromatic N) is 2. The second-order valence-electron chi connectivity index (χ2n) is 6.79. The molecule has 0 aliphatic carbocycles. The molecule has 0 fully saturated rings. The van der Waals surface area contributed by atoms with E-state index in [-0.39, 0.29) is 12.3 Å². The smallest absolute Gasteiger partial charge is 0.230 e. The maximum atomic E-state index is 12.6. The van der Waals surface area contributed by atoms with Crippen LogP contribution in [0.15, 0.2) is 85.1 Å². The van der Waals surface area contributed by atoms with Crippen molar-refractivity contribution in [2.45, 2.75) is 6.42 Å². The first-order chi connectivity index (χ1) is 14.6. The molecule has 0 aliphatic rings. The quantitative estimate of drug-likeness (QED) is 0.289. The monoisotopic (exact) mass is 506 g/mol. The molecule has 0 atom stereocenters. The Hall–Kier alpha value is -3.26. The number of carbonyl (C=O) groups excluding carboxylic acids is 1. The fourth-order valence-corrected chi connectivity index (χ4v) is 3.39. The number of hydrogen-bond donors (Lipinski definition) is 2. The zero-order valence-corrected chi connectivity index (χ0v) is 18.2. The van der Waals surface area contributed by atoms with Crippen molar-refractivity contribution in [2.24, 2.45) is 0 Å². The Bertz CT molecular complexity index is 1160. The molecule has 1 amide bonds. The second-order valence-corrected chi connectivity index (χ2v) is 8.04. The molecule has 0 radical (unpaired) electrons. The average Bonchev–Trinajstić information content (AvgIpc) is 2.77. The summed E-state index contributed by atoms with van der Waals surface area (Å²) in [5, 5.41) is 2.93. The van der Waals surface area contributed by atoms with E-state index in [9.17, 15) is 4.79 Å². The van der Waals surface area contributed by atoms with Gasteiger partial charge in [-0.2, -0.15) is 0 Å². The van der Waals surface area contributed by atoms with Gasteiger partial charge < -0.3 is 11.1 Å². The highest BCUT2D eigenvalue weighted by atomic mass is 127. The number of carbonyl (C=O) groups is 1. The van der Waals surface area contributed by atoms with Gasteiger partial charge in [-0.05, 0) is 52.4 Å². The molecule has 0 saturated carbocycles. The highest BCUT2D eigenvalue weighted by Gasteiger charge is 2.14. The molecular formula is C24H19IN4O. The average molecular weight is 506 g/mol. The molecule has 148 valence electrons. The summed E-state index contributed by atoms with van der Waals surface area (Å²) in [6.45, 7) is 0. The molecule has 4 rings (SSSR count). The van der Waals surface area contributed by atoms with Gasteiger partial charge >= 0.3 is 0 Å². The number of hydrogen-bond acceptors (Lipinski definition) is 4. The van der Waals surface area contributed by atoms with E-state index >= 15 is 0 Å². The molecule has 0 saturated heterocycles. The molecule has 3 N–H and O–H groups in total. The number of halogens is 1. The van der Waals surface area contributed by atoms with Crippen LogP contribution in [-0.2, 0) is 11.2 Å². The third-order valence-corrected chi connectivity index (χ3v) is 5.28. The molecule has 0 bridgehead atoms. The predicted molar refractivity (Wildman–Crippen MR) is 129 cm³/mol. The van der Waals surface area contributed by atoms with Crippen LogP contribution in [0.2, 0.25) is 0 Å². The molecule has 0 spiro atoms. The van der Waals surface area contributed by atoms with Gasteiger partial charge in [0.1, 0.15) is 5.69 Å². The lowest BCUT2D eigenvalue weighted by Crippen LogP contribution is -2.16. The minimum Gasteiger partial charge on any atom is -0.399 e. The van der Waals surface area contributed by atoms with Gasteiger partial charge in [-0.25, -0.2) is 9.97 Å². The van der Waals surface area contributed by atoms with Crippen molar-refractivity contribution < 1.29 is 4.79 Å². The summed E-state index contributed by atoms with van der Waals surface area (Å²) in [6, 6.07) is 25.1. The summed E-state index contributed by atoms with van der Waals surface area (Å²) in [6.07, 6.45) is 1.94. The third-order valence-electron chi connectivity index (χ3n) is 4.56. The Labute approximate surface area is 188 Å². The summed E-state index contributed by atoms with van der Waals surface area (Å²) in [4.78, 5) is 22.0. The number of rotatable bonds is 5. The van der Waals surface area contributed by atoms with Gasteiger partial charge in [0.05, 0.1) is 18.3 Å². The molecule has 4 aromatic rings. The Kier molecular flexibility index (Phi) is 6.04. The van der Waals surface area contributed by atoms with Crippen LogP contribution in [0.5, 0.6) is 0 Å². The maximum absolute atomic E-state index is 12.6. The van der Waals surface area contributed by atoms with Gasteiger partial charge in [-0.15, -0.1) is 0 Å². The van der Waals surface area contributed by atoms with E-state index in [1.54, 1.807) is 6.20 Å². The van der Waals surface area contributed by atoms with Crippen LogP contribution in [0, 0.1) is 3.57 Å². The van der Waals surface area contributed by atoms with Crippen molar-refractivity contribution in [3.63, 3.8) is 0 Å². The van der Waals surface area contributed by atoms with E-state index in [0.717, 1.165) is 20.3 Å². The summed E-state index contributed by atoms with van der Waals surface area (Å²) >= 11 is 2.24. The fourth-order valence-electron chi connectivity index (χ4n) is 3.03. The van der Waals surface area contributed by atoms with Crippen LogP contribution in [0.4, 0.5) is 11.5 Å². The number of nitrogen functional groups attached to an aromatic ring is 1. The number of amides is 1. The SMILES string of the molecule is Nc1ccc(-c2cnc(NC(=O)Cc3ccc(I)cc3)c(-c3ccccc3)n2)cc1. The Morgan fingerprint density at radius 3 is 2.30 bits per heavy atom. The fraction of sp³-hybridized carbons (Fsp3) is 0.0417. The number of benzene rings is 3. The lowest BCUT2D eigenvalue weighted by Gasteiger charge is -2.12. The van der Waals surface area contributed by atoms with Gasteiger partial charge in [0.25, 0.3) is 0 Å². The molecule has 0 unspecified atom stereocenters. The molecule has 1 aromatic heterocycles. The Morgan fingerprint density at radius 1 is 0.900 bits per heavy atom. The van der Waals surface area contributed by atoms with Crippen LogP contribution in [0.1, 0.15) is 5.56 Å². The van der Waals surface area contributed by atoms with Gasteiger partial charge in [0, 0.05) is 20.4 Å². The van der Waals surface area contributed by atoms with Gasteiger partial charge in [0.2, 0.25) is 5.91 Å². The summed E-state index contributed by atoms with van der Waals surface area (Å²) < 4.78 is 1.13. The van der Waals surface area contributed by atoms with Crippen LogP contribution in [0.25, 0.3) is 22.5 Å². The lowest BCUT2D eigenvalue weighted by molar-refractivity contribution is -0.115. The standard InChI is InChI=1S/C24H19IN4O/c25-19-10-6-16(7-11-19)14-22(30)29-24-23(18-4-2-1-3-5-18)28-21(15-27-24)17-8-12-20(26)13-9-17/h1-13,15H,14,26H2,(H,27,29,30). The van der Waals surface area contributed by atoms with Crippen molar-refractivity contribution >= 4 is 40.0 Å². The van der Waals surface area contributed by atoms with Gasteiger partial charge in [0.15, 0.2) is 5.82 Å². The molecule has 5 nitrogen and oxygen atoms in total. The number of nitrogens with two attached hydrogens (primary N) is 1. The molecule has 30 heavy (non-hydrogen) atoms. The maximum Gasteiger partial charge on any atom is 0.230 e. The Morgan fingerprint density at radius 2 is 1.60 bits per heavy atom. The molecule has 6 heteroatoms. The van der Waals surface area contributed by atoms with E-state index in [4.69, 9.17) is 10.7 Å². The van der Waals surface area contributed by atoms with E-state index in [0.29, 0.717) is 22.9 Å². The van der Waals surface area contributed by atoms with Gasteiger partial charge in [-0.1, -0.05) is 54.6 Å². The van der Waals surface area contributed by atoms with E-state index in [2.05, 4.69) is 32.9 Å². The van der Waals surface area contributed by atoms with Crippen molar-refractivity contribution in [1.82, 2.24) is 9.97 Å². The molecule has 3 aromatic carbocycles. The van der Waals surface area contributed by atoms with E-state index in [1.165, 1.54) is 0 Å². The highest BCUT2D eigenvalue weighted by Crippen LogP contribution is 2.28. The first-order valence-electron chi connectivity index (χ1n) is 9.41. The molecular weight excluding hydrogens is 487 g/mol. The zero-order chi connectivity index (χ0) is 20.9. The topological polar surface area (TPSA) is 80.9 Å². The first-order valence-corrected chi connectivity index (χ1v) is 10.5. The Balaban J connectivity index is 1.65. The lowest BCUT2D eigenvalue weighted by atomic mass is 10.1. The number of nitrogens with one attached hydrogen (secondary N) is 1. The summed E-state index contributed by atoms with van der Waals surface area (Å²) in [5.74, 6) is 0.304. The van der Waals surface area contributed by atoms with Crippen LogP contribution < -0.4 is 11.1 Å². The van der Waals surface area contributed by atoms with Crippen molar-refractivity contribution in [1.29, 1.82) is 0 Å². The summed E-state index contributed by atoms with van der Waals surface area (Å²) in [7, 11) is 0. The van der Waals surface area contributed by atoms with Gasteiger partial charge in [-0.3, -0.25) is 4.79 Å². The van der Waals surface area contributed by atoms with Crippen molar-refractivity contribution in [3.8, 4) is 22.5 Å². The molecule has 1 heterocycles. The normalized spacial score (nSPS) is 10.6. The van der Waals surface area contributed by atoms with E-state index < -0.39 is 0 Å². The third kappa shape index (κ3) is 4.83. The van der Waals surface area contributed by atoms with Crippen molar-refractivity contribution in [3.05, 3.63) is 94.2 Å². The largest absolute Gasteiger partial charge is 0.399 e. The van der Waals surface area contributed by atoms with Crippen molar-refractivity contribution in [2.75, 3.05) is 11.1 Å². The number of anilines is 2. The summed E-state index contributed by atoms with van der Waals surface area (Å²) in [5.41, 5.74) is 10.6. The van der Waals surface area contributed by atoms with Crippen LogP contribution in [-0.4, -0.2) is 15.9 Å². The number of aromatic nitrogens is 2. The highest BCUT2D eigenvalue weighted by molar-refractivity contribution is 14.1. The van der Waals surface area contributed by atoms with Crippen LogP contribution >= 0.6 is 22.6 Å².